The fourth-order valence-electron chi connectivity index (χ4n) is 10.8. The number of esters is 1. The van der Waals surface area contributed by atoms with Crippen molar-refractivity contribution in [1.82, 2.24) is 0 Å². The van der Waals surface area contributed by atoms with Gasteiger partial charge in [0.25, 0.3) is 0 Å². The second kappa shape index (κ2) is 33.7. The van der Waals surface area contributed by atoms with Gasteiger partial charge in [0.2, 0.25) is 17.7 Å². The van der Waals surface area contributed by atoms with E-state index in [9.17, 15) is 55.1 Å². The second-order valence-electron chi connectivity index (χ2n) is 20.8. The van der Waals surface area contributed by atoms with Crippen LogP contribution in [0, 0.1) is 53.0 Å². The van der Waals surface area contributed by atoms with Crippen LogP contribution in [0.15, 0.2) is 127 Å². The van der Waals surface area contributed by atoms with E-state index in [0.29, 0.717) is 38.7 Å². The topological polar surface area (TPSA) is 157 Å². The van der Waals surface area contributed by atoms with Crippen LogP contribution in [0.1, 0.15) is 73.5 Å². The van der Waals surface area contributed by atoms with Crippen LogP contribution in [-0.2, 0) is 38.2 Å². The number of benzene rings is 6. The number of hydrogen-bond donors (Lipinski definition) is 3. The predicted octanol–water partition coefficient (Wildman–Crippen LogP) is 16.9. The Morgan fingerprint density at radius 1 is 0.506 bits per heavy atom. The summed E-state index contributed by atoms with van der Waals surface area (Å²) in [4.78, 5) is 73.2. The molecule has 87 heavy (non-hydrogen) atoms. The van der Waals surface area contributed by atoms with E-state index >= 15 is 0 Å². The van der Waals surface area contributed by atoms with Gasteiger partial charge in [0.1, 0.15) is 30.1 Å². The molecule has 0 bridgehead atoms. The number of amides is 3. The lowest BCUT2D eigenvalue weighted by atomic mass is 9.91. The SMILES string of the molecule is C1CCOC1.CC(=O)[C@@H]1C[C@H](F)CC1C(=O)Nc1cccc(-c2ccccc2Cl)c1F.COC(=O)[C@@H]1C[C@H](F)CC1C(=O)Nc1cccc(-c2ccccc2Cl)c1F.O=C(Nc1cccc(-c2ccccc2Cl)c1F)C1C[C@@H](F)C[C@H]1C(=O)CBr.[2H]CC. The molecule has 6 aromatic carbocycles. The third-order valence-electron chi connectivity index (χ3n) is 15.2. The number of ketones is 2. The summed E-state index contributed by atoms with van der Waals surface area (Å²) in [6, 6.07) is 34.1. The number of nitrogens with one attached hydrogen (secondary N) is 3. The summed E-state index contributed by atoms with van der Waals surface area (Å²) in [7, 11) is 1.19. The molecule has 4 aliphatic rings. The zero-order valence-corrected chi connectivity index (χ0v) is 51.7. The number of halogens is 10. The average Bonchev–Trinajstić information content (AvgIpc) is 2.69. The number of carbonyl (C=O) groups is 6. The Morgan fingerprint density at radius 2 is 0.805 bits per heavy atom. The van der Waals surface area contributed by atoms with Gasteiger partial charge in [0.05, 0.1) is 53.2 Å². The quantitative estimate of drug-likeness (QED) is 0.0586. The fraction of sp³-hybridized carbons (Fsp3) is 0.364. The Morgan fingerprint density at radius 3 is 1.11 bits per heavy atom. The van der Waals surface area contributed by atoms with Crippen molar-refractivity contribution in [3.8, 4) is 33.4 Å². The highest BCUT2D eigenvalue weighted by Crippen LogP contribution is 2.41. The molecule has 464 valence electrons. The summed E-state index contributed by atoms with van der Waals surface area (Å²) in [6.45, 7) is 5.64. The Balaban J connectivity index is 0.000000197. The molecule has 21 heteroatoms. The van der Waals surface area contributed by atoms with Gasteiger partial charge < -0.3 is 25.4 Å². The van der Waals surface area contributed by atoms with Gasteiger partial charge in [0.15, 0.2) is 17.5 Å². The molecule has 3 unspecified atom stereocenters. The molecular formula is C66H67BrCl3F6N3O8. The predicted molar refractivity (Wildman–Crippen MR) is 333 cm³/mol. The summed E-state index contributed by atoms with van der Waals surface area (Å²) in [6.07, 6.45) is -1.32. The van der Waals surface area contributed by atoms with Gasteiger partial charge >= 0.3 is 5.97 Å². The molecule has 0 spiro atoms. The Bertz CT molecular complexity index is 3250. The third-order valence-corrected chi connectivity index (χ3v) is 16.7. The van der Waals surface area contributed by atoms with E-state index in [1.165, 1.54) is 45.1 Å². The highest BCUT2D eigenvalue weighted by Gasteiger charge is 2.45. The molecule has 1 heterocycles. The molecule has 9 atom stereocenters. The number of alkyl halides is 4. The summed E-state index contributed by atoms with van der Waals surface area (Å²) < 4.78 is 102. The molecule has 11 nitrogen and oxygen atoms in total. The maximum absolute atomic E-state index is 15.0. The number of methoxy groups -OCH3 is 1. The van der Waals surface area contributed by atoms with E-state index in [4.69, 9.17) is 40.9 Å². The molecular weight excluding hydrogens is 1260 g/mol. The monoisotopic (exact) mass is 1330 g/mol. The Hall–Kier alpha value is -6.57. The molecule has 3 amide bonds. The van der Waals surface area contributed by atoms with E-state index < -0.39 is 95.2 Å². The number of anilines is 3. The first-order chi connectivity index (χ1) is 42.1. The van der Waals surface area contributed by atoms with Crippen LogP contribution >= 0.6 is 50.7 Å². The zero-order chi connectivity index (χ0) is 64.2. The molecule has 0 aromatic heterocycles. The maximum Gasteiger partial charge on any atom is 0.309 e. The van der Waals surface area contributed by atoms with Crippen molar-refractivity contribution < 1.29 is 66.0 Å². The van der Waals surface area contributed by atoms with Gasteiger partial charge in [0, 0.05) is 74.9 Å². The first-order valence-electron chi connectivity index (χ1n) is 28.8. The Labute approximate surface area is 527 Å². The third kappa shape index (κ3) is 18.3. The fourth-order valence-corrected chi connectivity index (χ4v) is 12.0. The number of hydrogen-bond acceptors (Lipinski definition) is 8. The van der Waals surface area contributed by atoms with Gasteiger partial charge in [-0.1, -0.05) is 156 Å². The van der Waals surface area contributed by atoms with Gasteiger partial charge in [-0.3, -0.25) is 28.8 Å². The molecule has 4 fully saturated rings. The molecule has 3 saturated carbocycles. The normalized spacial score (nSPS) is 21.8. The lowest BCUT2D eigenvalue weighted by molar-refractivity contribution is -0.148. The lowest BCUT2D eigenvalue weighted by Gasteiger charge is -2.18. The summed E-state index contributed by atoms with van der Waals surface area (Å²) in [5.74, 6) is -9.43. The molecule has 3 N–H and O–H groups in total. The average molecular weight is 1330 g/mol. The highest BCUT2D eigenvalue weighted by atomic mass is 79.9. The van der Waals surface area contributed by atoms with Gasteiger partial charge in [-0.15, -0.1) is 0 Å². The van der Waals surface area contributed by atoms with Crippen molar-refractivity contribution in [2.75, 3.05) is 41.6 Å². The van der Waals surface area contributed by atoms with Crippen molar-refractivity contribution in [1.29, 1.82) is 0 Å². The van der Waals surface area contributed by atoms with E-state index in [1.54, 1.807) is 116 Å². The minimum atomic E-state index is -1.27. The van der Waals surface area contributed by atoms with Crippen molar-refractivity contribution in [2.45, 2.75) is 90.6 Å². The van der Waals surface area contributed by atoms with Crippen molar-refractivity contribution >= 4 is 103 Å². The lowest BCUT2D eigenvalue weighted by Crippen LogP contribution is -2.31. The zero-order valence-electron chi connectivity index (χ0n) is 48.9. The molecule has 0 radical (unpaired) electrons. The second-order valence-corrected chi connectivity index (χ2v) is 22.6. The molecule has 3 aliphatic carbocycles. The minimum Gasteiger partial charge on any atom is -0.469 e. The van der Waals surface area contributed by atoms with E-state index in [-0.39, 0.29) is 89.2 Å². The number of carbonyl (C=O) groups excluding carboxylic acids is 6. The first kappa shape index (κ1) is 67.9. The van der Waals surface area contributed by atoms with Crippen LogP contribution in [0.3, 0.4) is 0 Å². The smallest absolute Gasteiger partial charge is 0.309 e. The van der Waals surface area contributed by atoms with Crippen molar-refractivity contribution in [3.05, 3.63) is 160 Å². The summed E-state index contributed by atoms with van der Waals surface area (Å²) >= 11 is 21.5. The van der Waals surface area contributed by atoms with Crippen LogP contribution in [-0.4, -0.2) is 79.4 Å². The van der Waals surface area contributed by atoms with Crippen LogP contribution in [0.2, 0.25) is 15.1 Å². The minimum absolute atomic E-state index is 0.0166. The molecule has 1 saturated heterocycles. The van der Waals surface area contributed by atoms with Crippen LogP contribution in [0.4, 0.5) is 43.4 Å². The standard InChI is InChI=1S/C20H17BrClF2NO2.C20H18ClF2NO3.C20H18ClF2NO2.C4H8O.C2H6/c21-10-18(26)14-8-11(23)9-15(14)20(27)25-17-7-3-5-13(19(17)24)12-4-1-2-6-16(12)22;1-27-20(26)15-10-11(22)9-14(15)19(25)24-17-8-4-6-13(18(17)23)12-5-2-3-7-16(12)21;1-11(25)15-9-12(22)10-16(15)20(26)24-18-8-4-6-14(19(18)23)13-5-2-3-7-17(13)21;1-2-4-5-3-1;1-2/h1-7,11,14-15H,8-10H2,(H,25,27);2-8,11,14-15H,9-10H2,1H3,(H,24,25);2-8,12,15-16H,9-10H2,1H3,(H,24,26);1-4H2;1-2H3/t11-,14+,15?;11-,14?,15-;12-,15-,16?;;/m010../s1/i;;;;1D. The summed E-state index contributed by atoms with van der Waals surface area (Å²) in [5.41, 5.74) is 2.15. The molecule has 6 aromatic rings. The first-order valence-corrected chi connectivity index (χ1v) is 30.4. The van der Waals surface area contributed by atoms with Crippen LogP contribution < -0.4 is 16.0 Å². The van der Waals surface area contributed by atoms with E-state index in [1.807, 2.05) is 0 Å². The highest BCUT2D eigenvalue weighted by molar-refractivity contribution is 9.09. The number of ether oxygens (including phenoxy) is 2. The largest absolute Gasteiger partial charge is 0.469 e. The van der Waals surface area contributed by atoms with Gasteiger partial charge in [-0.05, 0) is 94.7 Å². The summed E-state index contributed by atoms with van der Waals surface area (Å²) in [5, 5.41) is 8.73. The number of rotatable bonds is 13. The maximum atomic E-state index is 15.0. The molecule has 10 rings (SSSR count). The Kier molecular flexibility index (Phi) is 26.3. The van der Waals surface area contributed by atoms with E-state index in [2.05, 4.69) is 36.6 Å². The van der Waals surface area contributed by atoms with Gasteiger partial charge in [-0.25, -0.2) is 26.3 Å². The van der Waals surface area contributed by atoms with Crippen LogP contribution in [0.25, 0.3) is 33.4 Å². The van der Waals surface area contributed by atoms with Gasteiger partial charge in [-0.2, -0.15) is 0 Å². The van der Waals surface area contributed by atoms with E-state index in [0.717, 1.165) is 13.2 Å². The van der Waals surface area contributed by atoms with Crippen molar-refractivity contribution in [3.63, 3.8) is 0 Å². The number of Topliss-reactive ketones (excluding diaryl/α,β-unsaturated/α-hetero) is 2. The van der Waals surface area contributed by atoms with Crippen molar-refractivity contribution in [2.24, 2.45) is 35.5 Å². The van der Waals surface area contributed by atoms with Crippen LogP contribution in [0.5, 0.6) is 0 Å². The molecule has 1 aliphatic heterocycles.